The van der Waals surface area contributed by atoms with E-state index in [0.717, 1.165) is 41.0 Å². The Labute approximate surface area is 245 Å². The van der Waals surface area contributed by atoms with Gasteiger partial charge in [0.2, 0.25) is 5.78 Å². The molecule has 0 amide bonds. The molecule has 0 heterocycles. The van der Waals surface area contributed by atoms with E-state index < -0.39 is 5.97 Å². The highest BCUT2D eigenvalue weighted by atomic mass is 32.2. The van der Waals surface area contributed by atoms with E-state index in [1.165, 1.54) is 0 Å². The van der Waals surface area contributed by atoms with Crippen molar-refractivity contribution in [1.29, 1.82) is 0 Å². The summed E-state index contributed by atoms with van der Waals surface area (Å²) in [4.78, 5) is 45.7. The maximum atomic E-state index is 13.3. The number of carbonyl (C=O) groups excluding carboxylic acids is 3. The van der Waals surface area contributed by atoms with Crippen LogP contribution in [-0.2, 0) is 4.84 Å². The van der Waals surface area contributed by atoms with Crippen molar-refractivity contribution in [2.75, 3.05) is 0 Å². The van der Waals surface area contributed by atoms with Crippen LogP contribution in [0.2, 0.25) is 0 Å². The van der Waals surface area contributed by atoms with Crippen molar-refractivity contribution >= 4 is 35.0 Å². The minimum absolute atomic E-state index is 0.00382. The van der Waals surface area contributed by atoms with Gasteiger partial charge in [0.05, 0.1) is 5.56 Å². The van der Waals surface area contributed by atoms with Gasteiger partial charge in [-0.3, -0.25) is 9.59 Å². The Balaban J connectivity index is 1.42. The molecule has 0 aromatic heterocycles. The molecule has 0 aliphatic carbocycles. The molecule has 0 N–H and O–H groups in total. The minimum atomic E-state index is -0.595. The monoisotopic (exact) mass is 563 g/mol. The number of benzene rings is 4. The van der Waals surface area contributed by atoms with Crippen molar-refractivity contribution in [2.24, 2.45) is 5.16 Å². The minimum Gasteiger partial charge on any atom is -0.312 e. The summed E-state index contributed by atoms with van der Waals surface area (Å²) in [6.07, 6.45) is 4.34. The average Bonchev–Trinajstić information content (AvgIpc) is 3.01. The molecule has 4 aromatic rings. The van der Waals surface area contributed by atoms with E-state index in [9.17, 15) is 14.4 Å². The second-order valence-electron chi connectivity index (χ2n) is 9.72. The van der Waals surface area contributed by atoms with Gasteiger partial charge in [-0.1, -0.05) is 85.6 Å². The molecular weight excluding hydrogens is 530 g/mol. The predicted octanol–water partition coefficient (Wildman–Crippen LogP) is 8.74. The lowest BCUT2D eigenvalue weighted by molar-refractivity contribution is 0.0514. The van der Waals surface area contributed by atoms with Gasteiger partial charge in [0.15, 0.2) is 5.78 Å². The molecule has 0 fully saturated rings. The van der Waals surface area contributed by atoms with Crippen molar-refractivity contribution in [3.63, 3.8) is 0 Å². The SMILES string of the molecule is CCCCCCC(=NOC(=O)c1ccccc1)C(=O)c1ccc(Sc2ccc(C(=O)c3ccccc3C)cc2)cc1. The Bertz CT molecular complexity index is 1510. The number of aryl methyl sites for hydroxylation is 1. The summed E-state index contributed by atoms with van der Waals surface area (Å²) in [6, 6.07) is 31.0. The summed E-state index contributed by atoms with van der Waals surface area (Å²) >= 11 is 1.54. The van der Waals surface area contributed by atoms with Crippen molar-refractivity contribution < 1.29 is 19.2 Å². The van der Waals surface area contributed by atoms with Crippen LogP contribution in [0.3, 0.4) is 0 Å². The zero-order valence-corrected chi connectivity index (χ0v) is 24.2. The van der Waals surface area contributed by atoms with Gasteiger partial charge in [0.25, 0.3) is 0 Å². The number of carbonyl (C=O) groups is 3. The number of rotatable bonds is 13. The highest BCUT2D eigenvalue weighted by Crippen LogP contribution is 2.29. The quantitative estimate of drug-likeness (QED) is 0.0535. The van der Waals surface area contributed by atoms with Gasteiger partial charge in [-0.2, -0.15) is 0 Å². The molecule has 0 bridgehead atoms. The van der Waals surface area contributed by atoms with Crippen molar-refractivity contribution in [1.82, 2.24) is 0 Å². The number of unbranched alkanes of at least 4 members (excludes halogenated alkanes) is 3. The maximum Gasteiger partial charge on any atom is 0.365 e. The first-order valence-corrected chi connectivity index (χ1v) is 14.6. The Morgan fingerprint density at radius 2 is 1.29 bits per heavy atom. The Morgan fingerprint density at radius 3 is 1.93 bits per heavy atom. The van der Waals surface area contributed by atoms with E-state index in [2.05, 4.69) is 12.1 Å². The molecule has 0 aliphatic rings. The molecule has 0 saturated carbocycles. The van der Waals surface area contributed by atoms with Gasteiger partial charge in [0, 0.05) is 26.5 Å². The number of nitrogens with zero attached hydrogens (tertiary/aromatic N) is 1. The van der Waals surface area contributed by atoms with Crippen LogP contribution < -0.4 is 0 Å². The molecule has 0 saturated heterocycles. The number of oxime groups is 1. The second-order valence-corrected chi connectivity index (χ2v) is 10.9. The summed E-state index contributed by atoms with van der Waals surface area (Å²) < 4.78 is 0. The normalized spacial score (nSPS) is 11.2. The standard InChI is InChI=1S/C35H33NO4S/c1-3-4-5-9-16-32(36-40-35(39)28-13-7-6-8-14-28)34(38)27-19-23-30(24-20-27)41-29-21-17-26(18-22-29)33(37)31-15-11-10-12-25(31)2/h6-8,10-15,17-24H,3-5,9,16H2,1-2H3. The summed E-state index contributed by atoms with van der Waals surface area (Å²) in [6.45, 7) is 4.06. The molecular formula is C35H33NO4S. The summed E-state index contributed by atoms with van der Waals surface area (Å²) in [5.74, 6) is -0.843. The van der Waals surface area contributed by atoms with E-state index in [0.29, 0.717) is 28.7 Å². The highest BCUT2D eigenvalue weighted by Gasteiger charge is 2.17. The molecule has 6 heteroatoms. The second kappa shape index (κ2) is 14.9. The molecule has 0 unspecified atom stereocenters. The Kier molecular flexibility index (Phi) is 10.8. The molecule has 4 rings (SSSR count). The molecule has 208 valence electrons. The zero-order valence-electron chi connectivity index (χ0n) is 23.3. The predicted molar refractivity (Wildman–Crippen MR) is 164 cm³/mol. The van der Waals surface area contributed by atoms with Crippen LogP contribution >= 0.6 is 11.8 Å². The number of Topliss-reactive ketones (excluding diaryl/α,β-unsaturated/α-hetero) is 1. The Morgan fingerprint density at radius 1 is 0.683 bits per heavy atom. The molecule has 0 spiro atoms. The molecule has 5 nitrogen and oxygen atoms in total. The highest BCUT2D eigenvalue weighted by molar-refractivity contribution is 7.99. The first kappa shape index (κ1) is 29.7. The van der Waals surface area contributed by atoms with Gasteiger partial charge in [-0.15, -0.1) is 0 Å². The third kappa shape index (κ3) is 8.35. The Hall–Kier alpha value is -4.29. The lowest BCUT2D eigenvalue weighted by atomic mass is 9.99. The third-order valence-corrected chi connectivity index (χ3v) is 7.65. The fraction of sp³-hybridized carbons (Fsp3) is 0.200. The van der Waals surface area contributed by atoms with Crippen LogP contribution in [0.5, 0.6) is 0 Å². The van der Waals surface area contributed by atoms with Gasteiger partial charge >= 0.3 is 5.97 Å². The summed E-state index contributed by atoms with van der Waals surface area (Å²) in [5.41, 5.74) is 3.40. The largest absolute Gasteiger partial charge is 0.365 e. The van der Waals surface area contributed by atoms with Crippen LogP contribution in [0.15, 0.2) is 118 Å². The number of hydrogen-bond acceptors (Lipinski definition) is 6. The van der Waals surface area contributed by atoms with E-state index >= 15 is 0 Å². The van der Waals surface area contributed by atoms with Crippen LogP contribution in [0.1, 0.15) is 81.2 Å². The van der Waals surface area contributed by atoms with E-state index in [1.54, 1.807) is 48.2 Å². The molecule has 41 heavy (non-hydrogen) atoms. The van der Waals surface area contributed by atoms with Crippen molar-refractivity contribution in [3.8, 4) is 0 Å². The average molecular weight is 564 g/mol. The lowest BCUT2D eigenvalue weighted by Crippen LogP contribution is -2.16. The smallest absolute Gasteiger partial charge is 0.312 e. The van der Waals surface area contributed by atoms with Gasteiger partial charge < -0.3 is 4.84 Å². The van der Waals surface area contributed by atoms with Crippen molar-refractivity contribution in [2.45, 2.75) is 55.7 Å². The van der Waals surface area contributed by atoms with Gasteiger partial charge in [0.1, 0.15) is 5.71 Å². The topological polar surface area (TPSA) is 72.8 Å². The molecule has 4 aromatic carbocycles. The first-order chi connectivity index (χ1) is 20.0. The third-order valence-electron chi connectivity index (χ3n) is 6.64. The van der Waals surface area contributed by atoms with E-state index in [4.69, 9.17) is 4.84 Å². The zero-order chi connectivity index (χ0) is 29.0. The number of ketones is 2. The van der Waals surface area contributed by atoms with E-state index in [1.807, 2.05) is 73.7 Å². The summed E-state index contributed by atoms with van der Waals surface area (Å²) in [5, 5.41) is 4.00. The maximum absolute atomic E-state index is 13.3. The number of hydrogen-bond donors (Lipinski definition) is 0. The van der Waals surface area contributed by atoms with Crippen molar-refractivity contribution in [3.05, 3.63) is 131 Å². The molecule has 0 radical (unpaired) electrons. The van der Waals surface area contributed by atoms with Crippen LogP contribution in [-0.4, -0.2) is 23.2 Å². The molecule has 0 atom stereocenters. The van der Waals surface area contributed by atoms with Gasteiger partial charge in [-0.25, -0.2) is 4.79 Å². The van der Waals surface area contributed by atoms with Crippen LogP contribution in [0.25, 0.3) is 0 Å². The summed E-state index contributed by atoms with van der Waals surface area (Å²) in [7, 11) is 0. The lowest BCUT2D eigenvalue weighted by Gasteiger charge is -2.08. The fourth-order valence-corrected chi connectivity index (χ4v) is 5.09. The molecule has 0 aliphatic heterocycles. The van der Waals surface area contributed by atoms with E-state index in [-0.39, 0.29) is 17.3 Å². The first-order valence-electron chi connectivity index (χ1n) is 13.8. The fourth-order valence-electron chi connectivity index (χ4n) is 4.28. The van der Waals surface area contributed by atoms with Crippen LogP contribution in [0.4, 0.5) is 0 Å². The van der Waals surface area contributed by atoms with Gasteiger partial charge in [-0.05, 0) is 86.0 Å². The van der Waals surface area contributed by atoms with Crippen LogP contribution in [0, 0.1) is 6.92 Å².